The highest BCUT2D eigenvalue weighted by molar-refractivity contribution is 5.93. The Morgan fingerprint density at radius 3 is 2.26 bits per heavy atom. The molecular weight excluding hydrogens is 344 g/mol. The first-order chi connectivity index (χ1) is 12.9. The molecule has 1 N–H and O–H groups in total. The molecule has 0 saturated carbocycles. The van der Waals surface area contributed by atoms with Crippen LogP contribution in [0.4, 0.5) is 0 Å². The maximum atomic E-state index is 12.4. The van der Waals surface area contributed by atoms with Crippen molar-refractivity contribution in [2.75, 3.05) is 14.1 Å². The van der Waals surface area contributed by atoms with E-state index in [1.807, 2.05) is 24.3 Å². The summed E-state index contributed by atoms with van der Waals surface area (Å²) >= 11 is 0. The summed E-state index contributed by atoms with van der Waals surface area (Å²) in [5.41, 5.74) is 2.77. The van der Waals surface area contributed by atoms with Crippen LogP contribution in [-0.2, 0) is 24.9 Å². The van der Waals surface area contributed by atoms with Gasteiger partial charge in [0, 0.05) is 33.3 Å². The van der Waals surface area contributed by atoms with Gasteiger partial charge in [0.15, 0.2) is 0 Å². The van der Waals surface area contributed by atoms with E-state index in [4.69, 9.17) is 0 Å². The van der Waals surface area contributed by atoms with Crippen LogP contribution >= 0.6 is 0 Å². The van der Waals surface area contributed by atoms with Gasteiger partial charge >= 0.3 is 5.69 Å². The minimum Gasteiger partial charge on any atom is -0.350 e. The Morgan fingerprint density at radius 1 is 1.00 bits per heavy atom. The third kappa shape index (κ3) is 3.76. The van der Waals surface area contributed by atoms with Gasteiger partial charge in [-0.05, 0) is 29.8 Å². The Bertz CT molecular complexity index is 1050. The number of hydrogen-bond acceptors (Lipinski definition) is 3. The van der Waals surface area contributed by atoms with Gasteiger partial charge in [-0.15, -0.1) is 0 Å². The van der Waals surface area contributed by atoms with E-state index in [0.29, 0.717) is 12.1 Å². The van der Waals surface area contributed by atoms with Crippen LogP contribution in [0.15, 0.2) is 53.3 Å². The average Bonchev–Trinajstić information content (AvgIpc) is 2.91. The van der Waals surface area contributed by atoms with E-state index in [9.17, 15) is 14.4 Å². The Kier molecular flexibility index (Phi) is 5.12. The van der Waals surface area contributed by atoms with Gasteiger partial charge in [-0.3, -0.25) is 18.7 Å². The number of nitrogens with zero attached hydrogens (tertiary/aromatic N) is 3. The minimum atomic E-state index is -0.248. The third-order valence-corrected chi connectivity index (χ3v) is 4.45. The molecule has 0 atom stereocenters. The molecule has 0 radical (unpaired) electrons. The van der Waals surface area contributed by atoms with E-state index in [2.05, 4.69) is 5.32 Å². The zero-order chi connectivity index (χ0) is 19.6. The van der Waals surface area contributed by atoms with Crippen molar-refractivity contribution in [2.45, 2.75) is 13.1 Å². The number of carbonyl (C=O) groups excluding carboxylic acids is 2. The van der Waals surface area contributed by atoms with Crippen LogP contribution in [0.2, 0.25) is 0 Å². The number of aryl methyl sites for hydroxylation is 1. The molecule has 0 unspecified atom stereocenters. The average molecular weight is 366 g/mol. The Morgan fingerprint density at radius 2 is 1.63 bits per heavy atom. The van der Waals surface area contributed by atoms with Crippen molar-refractivity contribution in [3.05, 3.63) is 70.1 Å². The SMILES string of the molecule is CN(C)C(=O)c1ccc(CNC(=O)Cn2c(=O)n(C)c3ccccc32)cc1. The smallest absolute Gasteiger partial charge is 0.329 e. The summed E-state index contributed by atoms with van der Waals surface area (Å²) in [4.78, 5) is 38.1. The molecule has 7 heteroatoms. The standard InChI is InChI=1S/C20H22N4O3/c1-22(2)19(26)15-10-8-14(9-11-15)12-21-18(25)13-24-17-7-5-4-6-16(17)23(3)20(24)27/h4-11H,12-13H2,1-3H3,(H,21,25). The number of amides is 2. The number of para-hydroxylation sites is 2. The van der Waals surface area contributed by atoms with Crippen molar-refractivity contribution in [1.82, 2.24) is 19.4 Å². The number of benzene rings is 2. The van der Waals surface area contributed by atoms with Crippen molar-refractivity contribution in [2.24, 2.45) is 7.05 Å². The van der Waals surface area contributed by atoms with Crippen molar-refractivity contribution in [3.63, 3.8) is 0 Å². The number of nitrogens with one attached hydrogen (secondary N) is 1. The first-order valence-corrected chi connectivity index (χ1v) is 8.60. The van der Waals surface area contributed by atoms with E-state index in [1.165, 1.54) is 14.0 Å². The predicted octanol–water partition coefficient (Wildman–Crippen LogP) is 1.36. The largest absolute Gasteiger partial charge is 0.350 e. The summed E-state index contributed by atoms with van der Waals surface area (Å²) in [5, 5.41) is 2.82. The molecule has 0 aliphatic carbocycles. The van der Waals surface area contributed by atoms with E-state index in [-0.39, 0.29) is 24.0 Å². The highest BCUT2D eigenvalue weighted by Gasteiger charge is 2.13. The molecule has 0 aliphatic heterocycles. The molecule has 0 fully saturated rings. The number of rotatable bonds is 5. The van der Waals surface area contributed by atoms with Gasteiger partial charge in [0.25, 0.3) is 5.91 Å². The molecule has 1 aromatic heterocycles. The predicted molar refractivity (Wildman–Crippen MR) is 103 cm³/mol. The zero-order valence-corrected chi connectivity index (χ0v) is 15.6. The molecule has 0 bridgehead atoms. The molecule has 3 rings (SSSR count). The molecule has 140 valence electrons. The fraction of sp³-hybridized carbons (Fsp3) is 0.250. The second-order valence-corrected chi connectivity index (χ2v) is 6.59. The van der Waals surface area contributed by atoms with Crippen LogP contribution in [0.25, 0.3) is 11.0 Å². The number of hydrogen-bond donors (Lipinski definition) is 1. The number of imidazole rings is 1. The van der Waals surface area contributed by atoms with E-state index in [1.54, 1.807) is 45.4 Å². The molecule has 2 aromatic carbocycles. The topological polar surface area (TPSA) is 76.3 Å². The lowest BCUT2D eigenvalue weighted by Gasteiger charge is -2.11. The first kappa shape index (κ1) is 18.4. The van der Waals surface area contributed by atoms with Gasteiger partial charge in [-0.1, -0.05) is 24.3 Å². The van der Waals surface area contributed by atoms with Crippen molar-refractivity contribution in [3.8, 4) is 0 Å². The second kappa shape index (κ2) is 7.49. The Hall–Kier alpha value is -3.35. The summed E-state index contributed by atoms with van der Waals surface area (Å²) in [7, 11) is 5.09. The quantitative estimate of drug-likeness (QED) is 0.741. The molecule has 27 heavy (non-hydrogen) atoms. The molecule has 2 amide bonds. The lowest BCUT2D eigenvalue weighted by Crippen LogP contribution is -2.32. The van der Waals surface area contributed by atoms with E-state index >= 15 is 0 Å². The molecule has 0 saturated heterocycles. The number of fused-ring (bicyclic) bond motifs is 1. The van der Waals surface area contributed by atoms with Crippen LogP contribution in [0.1, 0.15) is 15.9 Å². The summed E-state index contributed by atoms with van der Waals surface area (Å²) in [6.45, 7) is 0.284. The number of aromatic nitrogens is 2. The highest BCUT2D eigenvalue weighted by Crippen LogP contribution is 2.11. The minimum absolute atomic E-state index is 0.0443. The fourth-order valence-corrected chi connectivity index (χ4v) is 2.94. The van der Waals surface area contributed by atoms with Gasteiger partial charge in [0.1, 0.15) is 6.54 Å². The summed E-state index contributed by atoms with van der Waals surface area (Å²) in [5.74, 6) is -0.317. The maximum absolute atomic E-state index is 12.4. The van der Waals surface area contributed by atoms with Crippen LogP contribution in [0.3, 0.4) is 0 Å². The monoisotopic (exact) mass is 366 g/mol. The molecule has 7 nitrogen and oxygen atoms in total. The van der Waals surface area contributed by atoms with Crippen LogP contribution < -0.4 is 11.0 Å². The van der Waals surface area contributed by atoms with Gasteiger partial charge < -0.3 is 10.2 Å². The summed E-state index contributed by atoms with van der Waals surface area (Å²) in [6, 6.07) is 14.5. The molecule has 0 aliphatic rings. The second-order valence-electron chi connectivity index (χ2n) is 6.59. The van der Waals surface area contributed by atoms with Crippen LogP contribution in [0, 0.1) is 0 Å². The van der Waals surface area contributed by atoms with Gasteiger partial charge in [-0.2, -0.15) is 0 Å². The Labute approximate surface area is 156 Å². The van der Waals surface area contributed by atoms with Gasteiger partial charge in [0.05, 0.1) is 11.0 Å². The lowest BCUT2D eigenvalue weighted by atomic mass is 10.1. The third-order valence-electron chi connectivity index (χ3n) is 4.45. The maximum Gasteiger partial charge on any atom is 0.329 e. The van der Waals surface area contributed by atoms with Crippen molar-refractivity contribution < 1.29 is 9.59 Å². The molecule has 3 aromatic rings. The first-order valence-electron chi connectivity index (χ1n) is 8.60. The highest BCUT2D eigenvalue weighted by atomic mass is 16.2. The number of carbonyl (C=O) groups is 2. The van der Waals surface area contributed by atoms with E-state index in [0.717, 1.165) is 16.6 Å². The van der Waals surface area contributed by atoms with Crippen LogP contribution in [0.5, 0.6) is 0 Å². The lowest BCUT2D eigenvalue weighted by molar-refractivity contribution is -0.121. The van der Waals surface area contributed by atoms with E-state index < -0.39 is 0 Å². The summed E-state index contributed by atoms with van der Waals surface area (Å²) in [6.07, 6.45) is 0. The molecular formula is C20H22N4O3. The normalized spacial score (nSPS) is 10.8. The van der Waals surface area contributed by atoms with Crippen LogP contribution in [-0.4, -0.2) is 39.9 Å². The fourth-order valence-electron chi connectivity index (χ4n) is 2.94. The molecule has 1 heterocycles. The van der Waals surface area contributed by atoms with Gasteiger partial charge in [-0.25, -0.2) is 4.79 Å². The summed E-state index contributed by atoms with van der Waals surface area (Å²) < 4.78 is 2.99. The Balaban J connectivity index is 1.66. The molecule has 0 spiro atoms. The zero-order valence-electron chi connectivity index (χ0n) is 15.6. The van der Waals surface area contributed by atoms with Crippen molar-refractivity contribution in [1.29, 1.82) is 0 Å². The van der Waals surface area contributed by atoms with Crippen molar-refractivity contribution >= 4 is 22.8 Å². The van der Waals surface area contributed by atoms with Gasteiger partial charge in [0.2, 0.25) is 5.91 Å².